The van der Waals surface area contributed by atoms with Gasteiger partial charge in [-0.1, -0.05) is 0 Å². The van der Waals surface area contributed by atoms with Crippen molar-refractivity contribution in [3.63, 3.8) is 0 Å². The fourth-order valence-corrected chi connectivity index (χ4v) is 1.59. The maximum absolute atomic E-state index is 12.9. The number of halogens is 3. The lowest BCUT2D eigenvalue weighted by atomic mass is 10.4. The number of rotatable bonds is 3. The minimum absolute atomic E-state index is 0.106. The highest BCUT2D eigenvalue weighted by atomic mass is 32.2. The molecule has 0 N–H and O–H groups in total. The second-order valence-electron chi connectivity index (χ2n) is 2.71. The SMILES string of the molecule is CC(C)n1ncc(F)c1SC(F)F. The van der Waals surface area contributed by atoms with Crippen LogP contribution in [-0.2, 0) is 0 Å². The Morgan fingerprint density at radius 3 is 2.54 bits per heavy atom. The second-order valence-corrected chi connectivity index (χ2v) is 3.69. The molecule has 0 aliphatic rings. The molecule has 0 atom stereocenters. The fourth-order valence-electron chi connectivity index (χ4n) is 0.892. The smallest absolute Gasteiger partial charge is 0.253 e. The largest absolute Gasteiger partial charge is 0.290 e. The zero-order valence-electron chi connectivity index (χ0n) is 7.17. The molecule has 0 aromatic carbocycles. The zero-order chi connectivity index (χ0) is 10.0. The lowest BCUT2D eigenvalue weighted by Gasteiger charge is -2.09. The van der Waals surface area contributed by atoms with Gasteiger partial charge in [-0.25, -0.2) is 4.39 Å². The first-order valence-corrected chi connectivity index (χ1v) is 4.58. The summed E-state index contributed by atoms with van der Waals surface area (Å²) in [6.07, 6.45) is 0.949. The summed E-state index contributed by atoms with van der Waals surface area (Å²) < 4.78 is 38.1. The summed E-state index contributed by atoms with van der Waals surface area (Å²) in [6, 6.07) is -0.120. The maximum Gasteiger partial charge on any atom is 0.290 e. The first-order valence-electron chi connectivity index (χ1n) is 3.70. The molecule has 0 amide bonds. The molecule has 1 heterocycles. The van der Waals surface area contributed by atoms with E-state index in [0.717, 1.165) is 6.20 Å². The predicted octanol–water partition coefficient (Wildman–Crippen LogP) is 2.92. The Morgan fingerprint density at radius 2 is 2.08 bits per heavy atom. The minimum Gasteiger partial charge on any atom is -0.253 e. The predicted molar refractivity (Wildman–Crippen MR) is 44.4 cm³/mol. The van der Waals surface area contributed by atoms with Gasteiger partial charge in [0, 0.05) is 6.04 Å². The number of hydrogen-bond acceptors (Lipinski definition) is 2. The lowest BCUT2D eigenvalue weighted by Crippen LogP contribution is -2.05. The van der Waals surface area contributed by atoms with E-state index < -0.39 is 11.6 Å². The molecule has 0 unspecified atom stereocenters. The molecule has 0 fully saturated rings. The van der Waals surface area contributed by atoms with Crippen LogP contribution in [0.5, 0.6) is 0 Å². The van der Waals surface area contributed by atoms with Crippen molar-refractivity contribution in [3.05, 3.63) is 12.0 Å². The number of aromatic nitrogens is 2. The molecular weight excluding hydrogens is 201 g/mol. The quantitative estimate of drug-likeness (QED) is 0.714. The van der Waals surface area contributed by atoms with Crippen LogP contribution >= 0.6 is 11.8 Å². The van der Waals surface area contributed by atoms with E-state index >= 15 is 0 Å². The minimum atomic E-state index is -2.62. The van der Waals surface area contributed by atoms with E-state index in [1.54, 1.807) is 13.8 Å². The van der Waals surface area contributed by atoms with Crippen molar-refractivity contribution >= 4 is 11.8 Å². The maximum atomic E-state index is 12.9. The number of alkyl halides is 2. The molecule has 0 aliphatic heterocycles. The Morgan fingerprint density at radius 1 is 1.46 bits per heavy atom. The van der Waals surface area contributed by atoms with Gasteiger partial charge in [0.1, 0.15) is 5.03 Å². The summed E-state index contributed by atoms with van der Waals surface area (Å²) >= 11 is 0.179. The Kier molecular flexibility index (Phi) is 3.24. The molecule has 0 bridgehead atoms. The van der Waals surface area contributed by atoms with E-state index in [-0.39, 0.29) is 22.8 Å². The summed E-state index contributed by atoms with van der Waals surface area (Å²) in [5.74, 6) is -3.32. The van der Waals surface area contributed by atoms with E-state index in [4.69, 9.17) is 0 Å². The van der Waals surface area contributed by atoms with Gasteiger partial charge in [-0.3, -0.25) is 4.68 Å². The van der Waals surface area contributed by atoms with Gasteiger partial charge in [-0.05, 0) is 25.6 Å². The normalized spacial score (nSPS) is 11.6. The molecule has 0 aliphatic carbocycles. The van der Waals surface area contributed by atoms with Crippen molar-refractivity contribution in [2.45, 2.75) is 30.7 Å². The molecule has 74 valence electrons. The van der Waals surface area contributed by atoms with Crippen LogP contribution in [-0.4, -0.2) is 15.5 Å². The third-order valence-corrected chi connectivity index (χ3v) is 2.18. The summed E-state index contributed by atoms with van der Waals surface area (Å²) in [6.45, 7) is 3.50. The second kappa shape index (κ2) is 4.04. The summed E-state index contributed by atoms with van der Waals surface area (Å²) in [5, 5.41) is 3.55. The molecule has 0 saturated carbocycles. The Labute approximate surface area is 78.1 Å². The molecule has 6 heteroatoms. The van der Waals surface area contributed by atoms with Crippen LogP contribution in [0.25, 0.3) is 0 Å². The van der Waals surface area contributed by atoms with Crippen LogP contribution in [0.3, 0.4) is 0 Å². The lowest BCUT2D eigenvalue weighted by molar-refractivity contribution is 0.250. The average molecular weight is 210 g/mol. The molecule has 0 spiro atoms. The Bertz CT molecular complexity index is 285. The molecule has 1 rings (SSSR count). The van der Waals surface area contributed by atoms with E-state index in [9.17, 15) is 13.2 Å². The van der Waals surface area contributed by atoms with Crippen LogP contribution in [0, 0.1) is 5.82 Å². The first kappa shape index (κ1) is 10.4. The third kappa shape index (κ3) is 2.40. The number of thioether (sulfide) groups is 1. The van der Waals surface area contributed by atoms with Gasteiger partial charge in [0.05, 0.1) is 6.20 Å². The van der Waals surface area contributed by atoms with Gasteiger partial charge >= 0.3 is 0 Å². The standard InChI is InChI=1S/C7H9F3N2S/c1-4(2)12-6(13-7(9)10)5(8)3-11-12/h3-4,7H,1-2H3. The molecule has 2 nitrogen and oxygen atoms in total. The van der Waals surface area contributed by atoms with Gasteiger partial charge < -0.3 is 0 Å². The van der Waals surface area contributed by atoms with E-state index in [2.05, 4.69) is 5.10 Å². The Hall–Kier alpha value is -0.650. The highest BCUT2D eigenvalue weighted by molar-refractivity contribution is 7.99. The molecule has 0 saturated heterocycles. The van der Waals surface area contributed by atoms with Gasteiger partial charge in [0.15, 0.2) is 5.82 Å². The fraction of sp³-hybridized carbons (Fsp3) is 0.571. The molecule has 1 aromatic rings. The van der Waals surface area contributed by atoms with Gasteiger partial charge in [0.25, 0.3) is 5.76 Å². The summed E-state index contributed by atoms with van der Waals surface area (Å²) in [7, 11) is 0. The van der Waals surface area contributed by atoms with Crippen molar-refractivity contribution in [2.24, 2.45) is 0 Å². The zero-order valence-corrected chi connectivity index (χ0v) is 7.99. The number of hydrogen-bond donors (Lipinski definition) is 0. The molecular formula is C7H9F3N2S. The van der Waals surface area contributed by atoms with Crippen molar-refractivity contribution < 1.29 is 13.2 Å². The van der Waals surface area contributed by atoms with Gasteiger partial charge in [-0.2, -0.15) is 13.9 Å². The van der Waals surface area contributed by atoms with Crippen LogP contribution in [0.4, 0.5) is 13.2 Å². The summed E-state index contributed by atoms with van der Waals surface area (Å²) in [4.78, 5) is 0. The molecule has 1 aromatic heterocycles. The highest BCUT2D eigenvalue weighted by Crippen LogP contribution is 2.29. The molecule has 0 radical (unpaired) electrons. The first-order chi connectivity index (χ1) is 6.02. The van der Waals surface area contributed by atoms with Crippen molar-refractivity contribution in [1.82, 2.24) is 9.78 Å². The molecule has 13 heavy (non-hydrogen) atoms. The van der Waals surface area contributed by atoms with Crippen LogP contribution < -0.4 is 0 Å². The summed E-state index contributed by atoms with van der Waals surface area (Å²) in [5.41, 5.74) is 0. The third-order valence-electron chi connectivity index (χ3n) is 1.40. The van der Waals surface area contributed by atoms with Crippen molar-refractivity contribution in [3.8, 4) is 0 Å². The van der Waals surface area contributed by atoms with Crippen molar-refractivity contribution in [2.75, 3.05) is 0 Å². The van der Waals surface area contributed by atoms with E-state index in [1.807, 2.05) is 0 Å². The van der Waals surface area contributed by atoms with Crippen LogP contribution in [0.15, 0.2) is 11.2 Å². The Balaban J connectivity index is 2.94. The van der Waals surface area contributed by atoms with Crippen molar-refractivity contribution in [1.29, 1.82) is 0 Å². The monoisotopic (exact) mass is 210 g/mol. The number of nitrogens with zero attached hydrogens (tertiary/aromatic N) is 2. The van der Waals surface area contributed by atoms with Gasteiger partial charge in [0.2, 0.25) is 0 Å². The van der Waals surface area contributed by atoms with Crippen LogP contribution in [0.1, 0.15) is 19.9 Å². The van der Waals surface area contributed by atoms with E-state index in [1.165, 1.54) is 4.68 Å². The highest BCUT2D eigenvalue weighted by Gasteiger charge is 2.17. The van der Waals surface area contributed by atoms with Crippen LogP contribution in [0.2, 0.25) is 0 Å². The topological polar surface area (TPSA) is 17.8 Å². The van der Waals surface area contributed by atoms with Gasteiger partial charge in [-0.15, -0.1) is 0 Å². The average Bonchev–Trinajstić information content (AvgIpc) is 2.32. The van der Waals surface area contributed by atoms with E-state index in [0.29, 0.717) is 0 Å².